The van der Waals surface area contributed by atoms with Gasteiger partial charge >= 0.3 is 6.18 Å². The molecule has 2 aromatic heterocycles. The maximum Gasteiger partial charge on any atom is 0.433 e. The molecule has 132 valence electrons. The Hall–Kier alpha value is -2.35. The number of pyridine rings is 1. The Bertz CT molecular complexity index is 770. The van der Waals surface area contributed by atoms with E-state index in [1.54, 1.807) is 6.07 Å². The van der Waals surface area contributed by atoms with Crippen molar-refractivity contribution in [2.75, 3.05) is 6.54 Å². The molecule has 0 bridgehead atoms. The Morgan fingerprint density at radius 1 is 1.28 bits per heavy atom. The van der Waals surface area contributed by atoms with E-state index in [1.807, 2.05) is 6.92 Å². The highest BCUT2D eigenvalue weighted by Gasteiger charge is 2.37. The molecule has 2 aromatic rings. The molecule has 0 spiro atoms. The van der Waals surface area contributed by atoms with Gasteiger partial charge in [-0.1, -0.05) is 0 Å². The van der Waals surface area contributed by atoms with Gasteiger partial charge in [0.15, 0.2) is 5.78 Å². The highest BCUT2D eigenvalue weighted by Crippen LogP contribution is 2.28. The van der Waals surface area contributed by atoms with Crippen LogP contribution in [-0.2, 0) is 17.4 Å². The number of rotatable bonds is 5. The maximum atomic E-state index is 12.6. The zero-order valence-corrected chi connectivity index (χ0v) is 13.6. The van der Waals surface area contributed by atoms with Crippen molar-refractivity contribution in [3.05, 3.63) is 42.1 Å². The summed E-state index contributed by atoms with van der Waals surface area (Å²) in [5.41, 5.74) is 0.230. The second kappa shape index (κ2) is 6.51. The number of alkyl halides is 3. The topological polar surface area (TPSA) is 67.8 Å². The van der Waals surface area contributed by atoms with Crippen LogP contribution in [0.1, 0.15) is 31.2 Å². The molecule has 3 heterocycles. The van der Waals surface area contributed by atoms with Gasteiger partial charge in [-0.05, 0) is 44.5 Å². The van der Waals surface area contributed by atoms with Gasteiger partial charge in [0.25, 0.3) is 0 Å². The Balaban J connectivity index is 1.70. The third-order valence-electron chi connectivity index (χ3n) is 4.44. The van der Waals surface area contributed by atoms with Crippen LogP contribution in [0.5, 0.6) is 0 Å². The molecule has 1 saturated heterocycles. The van der Waals surface area contributed by atoms with E-state index in [1.165, 1.54) is 12.4 Å². The van der Waals surface area contributed by atoms with Gasteiger partial charge in [0.1, 0.15) is 12.0 Å². The predicted octanol–water partition coefficient (Wildman–Crippen LogP) is 2.81. The fourth-order valence-electron chi connectivity index (χ4n) is 2.66. The fraction of sp³-hybridized carbons (Fsp3) is 0.412. The first-order valence-electron chi connectivity index (χ1n) is 7.91. The summed E-state index contributed by atoms with van der Waals surface area (Å²) in [6.07, 6.45) is -0.347. The number of ketones is 1. The number of halogens is 3. The van der Waals surface area contributed by atoms with E-state index in [2.05, 4.69) is 20.3 Å². The van der Waals surface area contributed by atoms with Crippen molar-refractivity contribution in [2.24, 2.45) is 0 Å². The number of aromatic nitrogens is 3. The second-order valence-corrected chi connectivity index (χ2v) is 6.26. The van der Waals surface area contributed by atoms with E-state index in [0.29, 0.717) is 29.8 Å². The molecule has 1 fully saturated rings. The number of hydrogen-bond donors (Lipinski definition) is 1. The van der Waals surface area contributed by atoms with Gasteiger partial charge in [0.2, 0.25) is 0 Å². The lowest BCUT2D eigenvalue weighted by molar-refractivity contribution is -0.141. The maximum absolute atomic E-state index is 12.6. The quantitative estimate of drug-likeness (QED) is 0.898. The molecule has 3 rings (SSSR count). The molecule has 1 atom stereocenters. The van der Waals surface area contributed by atoms with Crippen LogP contribution in [0.4, 0.5) is 13.2 Å². The molecular weight excluding hydrogens is 333 g/mol. The molecular formula is C17H17F3N4O. The van der Waals surface area contributed by atoms with Gasteiger partial charge in [-0.3, -0.25) is 9.78 Å². The highest BCUT2D eigenvalue weighted by atomic mass is 19.4. The van der Waals surface area contributed by atoms with E-state index < -0.39 is 17.4 Å². The van der Waals surface area contributed by atoms with Crippen LogP contribution in [0.3, 0.4) is 0 Å². The van der Waals surface area contributed by atoms with Crippen molar-refractivity contribution in [2.45, 2.75) is 37.9 Å². The van der Waals surface area contributed by atoms with Crippen LogP contribution >= 0.6 is 0 Å². The van der Waals surface area contributed by atoms with Crippen molar-refractivity contribution in [1.29, 1.82) is 0 Å². The molecule has 0 unspecified atom stereocenters. The summed E-state index contributed by atoms with van der Waals surface area (Å²) in [6.45, 7) is 2.74. The smallest absolute Gasteiger partial charge is 0.305 e. The van der Waals surface area contributed by atoms with Gasteiger partial charge in [-0.2, -0.15) is 13.2 Å². The van der Waals surface area contributed by atoms with E-state index in [9.17, 15) is 18.0 Å². The van der Waals surface area contributed by atoms with Gasteiger partial charge in [0.05, 0.1) is 11.2 Å². The number of nitrogens with one attached hydrogen (secondary N) is 1. The van der Waals surface area contributed by atoms with Crippen LogP contribution in [0.2, 0.25) is 0 Å². The molecule has 1 aliphatic rings. The zero-order valence-electron chi connectivity index (χ0n) is 13.6. The number of aryl methyl sites for hydroxylation is 1. The number of carbonyl (C=O) groups excluding carboxylic acids is 1. The van der Waals surface area contributed by atoms with Crippen molar-refractivity contribution in [3.8, 4) is 11.3 Å². The number of hydrogen-bond acceptors (Lipinski definition) is 5. The molecule has 25 heavy (non-hydrogen) atoms. The highest BCUT2D eigenvalue weighted by molar-refractivity contribution is 5.89. The Kier molecular flexibility index (Phi) is 4.55. The van der Waals surface area contributed by atoms with Gasteiger partial charge < -0.3 is 5.32 Å². The Morgan fingerprint density at radius 3 is 2.60 bits per heavy atom. The minimum Gasteiger partial charge on any atom is -0.305 e. The van der Waals surface area contributed by atoms with Gasteiger partial charge in [-0.25, -0.2) is 9.97 Å². The summed E-state index contributed by atoms with van der Waals surface area (Å²) < 4.78 is 37.7. The number of Topliss-reactive ketones (excluding diaryl/α,β-unsaturated/α-hetero) is 1. The zero-order chi connectivity index (χ0) is 18.1. The first-order valence-corrected chi connectivity index (χ1v) is 7.91. The third-order valence-corrected chi connectivity index (χ3v) is 4.44. The van der Waals surface area contributed by atoms with Crippen LogP contribution in [0.25, 0.3) is 11.3 Å². The van der Waals surface area contributed by atoms with Crippen molar-refractivity contribution >= 4 is 5.78 Å². The Morgan fingerprint density at radius 2 is 2.04 bits per heavy atom. The first-order chi connectivity index (χ1) is 11.8. The van der Waals surface area contributed by atoms with Crippen LogP contribution in [0, 0.1) is 0 Å². The molecule has 0 amide bonds. The minimum atomic E-state index is -4.47. The van der Waals surface area contributed by atoms with Crippen molar-refractivity contribution < 1.29 is 18.0 Å². The summed E-state index contributed by atoms with van der Waals surface area (Å²) in [7, 11) is 0. The monoisotopic (exact) mass is 350 g/mol. The molecule has 0 aliphatic carbocycles. The van der Waals surface area contributed by atoms with E-state index in [0.717, 1.165) is 25.2 Å². The fourth-order valence-corrected chi connectivity index (χ4v) is 2.66. The molecule has 0 saturated carbocycles. The summed E-state index contributed by atoms with van der Waals surface area (Å²) in [5, 5.41) is 3.13. The standard InChI is InChI=1S/C17H17F3N4O/c1-16(6-7-24-16)15(25)5-3-12-8-13(23-10-22-12)11-2-4-14(21-9-11)17(18,19)20/h2,4,8-10,24H,3,5-7H2,1H3/t16-/m0/s1. The largest absolute Gasteiger partial charge is 0.433 e. The number of nitrogens with zero attached hydrogens (tertiary/aromatic N) is 3. The average Bonchev–Trinajstić information content (AvgIpc) is 2.57. The molecule has 1 N–H and O–H groups in total. The molecule has 0 aromatic carbocycles. The molecule has 1 aliphatic heterocycles. The summed E-state index contributed by atoms with van der Waals surface area (Å²) >= 11 is 0. The minimum absolute atomic E-state index is 0.134. The first kappa shape index (κ1) is 17.5. The molecule has 0 radical (unpaired) electrons. The van der Waals surface area contributed by atoms with E-state index in [-0.39, 0.29) is 5.78 Å². The predicted molar refractivity (Wildman–Crippen MR) is 84.6 cm³/mol. The summed E-state index contributed by atoms with van der Waals surface area (Å²) in [4.78, 5) is 23.8. The molecule has 5 nitrogen and oxygen atoms in total. The van der Waals surface area contributed by atoms with E-state index >= 15 is 0 Å². The van der Waals surface area contributed by atoms with Crippen LogP contribution in [0.15, 0.2) is 30.7 Å². The van der Waals surface area contributed by atoms with Crippen molar-refractivity contribution in [3.63, 3.8) is 0 Å². The number of carbonyl (C=O) groups is 1. The lowest BCUT2D eigenvalue weighted by Crippen LogP contribution is -2.60. The lowest BCUT2D eigenvalue weighted by Gasteiger charge is -2.38. The summed E-state index contributed by atoms with van der Waals surface area (Å²) in [6, 6.07) is 3.92. The van der Waals surface area contributed by atoms with Crippen molar-refractivity contribution in [1.82, 2.24) is 20.3 Å². The van der Waals surface area contributed by atoms with Crippen LogP contribution in [-0.4, -0.2) is 32.8 Å². The van der Waals surface area contributed by atoms with Gasteiger partial charge in [0, 0.05) is 23.9 Å². The summed E-state index contributed by atoms with van der Waals surface area (Å²) in [5.74, 6) is 0.134. The average molecular weight is 350 g/mol. The SMILES string of the molecule is C[C@@]1(C(=O)CCc2cc(-c3ccc(C(F)(F)F)nc3)ncn2)CCN1. The van der Waals surface area contributed by atoms with E-state index in [4.69, 9.17) is 0 Å². The third kappa shape index (κ3) is 3.84. The normalized spacial score (nSPS) is 20.2. The second-order valence-electron chi connectivity index (χ2n) is 6.26. The lowest BCUT2D eigenvalue weighted by atomic mass is 9.83. The Labute approximate surface area is 142 Å². The molecule has 8 heteroatoms. The van der Waals surface area contributed by atoms with Gasteiger partial charge in [-0.15, -0.1) is 0 Å². The van der Waals surface area contributed by atoms with Crippen LogP contribution < -0.4 is 5.32 Å².